The van der Waals surface area contributed by atoms with Crippen molar-refractivity contribution in [1.82, 2.24) is 10.3 Å². The number of nitrogens with one attached hydrogen (secondary N) is 1. The summed E-state index contributed by atoms with van der Waals surface area (Å²) < 4.78 is 5.17. The van der Waals surface area contributed by atoms with Gasteiger partial charge in [0.1, 0.15) is 11.6 Å². The molecule has 2 heterocycles. The van der Waals surface area contributed by atoms with Gasteiger partial charge in [-0.3, -0.25) is 4.79 Å². The molecule has 0 fully saturated rings. The van der Waals surface area contributed by atoms with Crippen molar-refractivity contribution >= 4 is 17.4 Å². The molecule has 0 saturated heterocycles. The van der Waals surface area contributed by atoms with Crippen molar-refractivity contribution in [3.63, 3.8) is 0 Å². The molecule has 0 saturated carbocycles. The normalized spacial score (nSPS) is 12.9. The van der Waals surface area contributed by atoms with Crippen molar-refractivity contribution in [3.8, 4) is 5.75 Å². The zero-order chi connectivity index (χ0) is 20.1. The lowest BCUT2D eigenvalue weighted by atomic mass is 10.0. The van der Waals surface area contributed by atoms with Crippen LogP contribution in [0.4, 0.5) is 11.5 Å². The van der Waals surface area contributed by atoms with Gasteiger partial charge >= 0.3 is 0 Å². The Morgan fingerprint density at radius 2 is 1.97 bits per heavy atom. The van der Waals surface area contributed by atoms with Gasteiger partial charge < -0.3 is 15.0 Å². The van der Waals surface area contributed by atoms with Gasteiger partial charge in [0.15, 0.2) is 0 Å². The maximum atomic E-state index is 12.6. The van der Waals surface area contributed by atoms with Crippen LogP contribution in [0.15, 0.2) is 66.9 Å². The fraction of sp³-hybridized carbons (Fsp3) is 0.250. The van der Waals surface area contributed by atoms with E-state index in [-0.39, 0.29) is 5.91 Å². The van der Waals surface area contributed by atoms with Crippen molar-refractivity contribution in [2.45, 2.75) is 19.3 Å². The van der Waals surface area contributed by atoms with Crippen LogP contribution >= 0.6 is 0 Å². The molecule has 0 spiro atoms. The van der Waals surface area contributed by atoms with Crippen LogP contribution in [0.3, 0.4) is 0 Å². The molecule has 1 aromatic heterocycles. The van der Waals surface area contributed by atoms with Crippen molar-refractivity contribution in [2.75, 3.05) is 25.1 Å². The number of aromatic nitrogens is 1. The van der Waals surface area contributed by atoms with Crippen molar-refractivity contribution in [3.05, 3.63) is 83.6 Å². The van der Waals surface area contributed by atoms with Gasteiger partial charge in [0.05, 0.1) is 7.11 Å². The van der Waals surface area contributed by atoms with E-state index in [1.807, 2.05) is 36.4 Å². The molecule has 0 aliphatic carbocycles. The maximum absolute atomic E-state index is 12.6. The number of aryl methyl sites for hydroxylation is 1. The molecule has 5 nitrogen and oxygen atoms in total. The van der Waals surface area contributed by atoms with E-state index in [9.17, 15) is 4.79 Å². The quantitative estimate of drug-likeness (QED) is 0.690. The highest BCUT2D eigenvalue weighted by Crippen LogP contribution is 2.32. The summed E-state index contributed by atoms with van der Waals surface area (Å²) in [5.74, 6) is 1.58. The second-order valence-corrected chi connectivity index (χ2v) is 7.14. The van der Waals surface area contributed by atoms with E-state index in [0.29, 0.717) is 12.1 Å². The van der Waals surface area contributed by atoms with Gasteiger partial charge in [-0.25, -0.2) is 4.98 Å². The summed E-state index contributed by atoms with van der Waals surface area (Å²) in [4.78, 5) is 19.4. The first-order valence-corrected chi connectivity index (χ1v) is 9.97. The van der Waals surface area contributed by atoms with E-state index in [1.165, 1.54) is 11.3 Å². The van der Waals surface area contributed by atoms with Crippen LogP contribution in [0, 0.1) is 0 Å². The maximum Gasteiger partial charge on any atom is 0.251 e. The molecule has 0 atom stereocenters. The lowest BCUT2D eigenvalue weighted by Gasteiger charge is -2.30. The Hall–Kier alpha value is -3.34. The molecule has 29 heavy (non-hydrogen) atoms. The zero-order valence-corrected chi connectivity index (χ0v) is 16.6. The number of fused-ring (bicyclic) bond motifs is 1. The highest BCUT2D eigenvalue weighted by Gasteiger charge is 2.19. The number of methoxy groups -OCH3 is 1. The first-order valence-electron chi connectivity index (χ1n) is 9.97. The van der Waals surface area contributed by atoms with Gasteiger partial charge in [0, 0.05) is 30.5 Å². The SMILES string of the molecule is COc1ccc(CCNC(=O)c2ccnc(N3CCCc4ccccc43)c2)cc1. The minimum Gasteiger partial charge on any atom is -0.497 e. The van der Waals surface area contributed by atoms with Crippen molar-refractivity contribution in [2.24, 2.45) is 0 Å². The minimum absolute atomic E-state index is 0.0764. The van der Waals surface area contributed by atoms with Crippen LogP contribution in [0.5, 0.6) is 5.75 Å². The number of benzene rings is 2. The molecule has 0 bridgehead atoms. The predicted octanol–water partition coefficient (Wildman–Crippen LogP) is 4.15. The molecule has 0 unspecified atom stereocenters. The van der Waals surface area contributed by atoms with Crippen LogP contribution in [-0.4, -0.2) is 31.1 Å². The summed E-state index contributed by atoms with van der Waals surface area (Å²) in [6.45, 7) is 1.49. The highest BCUT2D eigenvalue weighted by atomic mass is 16.5. The third kappa shape index (κ3) is 4.40. The number of amides is 1. The van der Waals surface area contributed by atoms with Gasteiger partial charge in [-0.2, -0.15) is 0 Å². The highest BCUT2D eigenvalue weighted by molar-refractivity contribution is 5.95. The number of para-hydroxylation sites is 1. The van der Waals surface area contributed by atoms with Gasteiger partial charge in [-0.05, 0) is 60.7 Å². The summed E-state index contributed by atoms with van der Waals surface area (Å²) in [5, 5.41) is 3.01. The summed E-state index contributed by atoms with van der Waals surface area (Å²) in [6, 6.07) is 20.0. The Balaban J connectivity index is 1.41. The monoisotopic (exact) mass is 387 g/mol. The number of hydrogen-bond acceptors (Lipinski definition) is 4. The third-order valence-corrected chi connectivity index (χ3v) is 5.25. The Labute approximate surface area is 171 Å². The van der Waals surface area contributed by atoms with E-state index in [4.69, 9.17) is 4.74 Å². The molecule has 1 amide bonds. The lowest BCUT2D eigenvalue weighted by molar-refractivity contribution is 0.0954. The lowest BCUT2D eigenvalue weighted by Crippen LogP contribution is -2.27. The van der Waals surface area contributed by atoms with Crippen LogP contribution in [0.25, 0.3) is 0 Å². The summed E-state index contributed by atoms with van der Waals surface area (Å²) >= 11 is 0. The average molecular weight is 387 g/mol. The molecule has 1 N–H and O–H groups in total. The second kappa shape index (κ2) is 8.78. The Kier molecular flexibility index (Phi) is 5.75. The molecule has 1 aliphatic heterocycles. The summed E-state index contributed by atoms with van der Waals surface area (Å²) in [6.07, 6.45) is 4.65. The van der Waals surface area contributed by atoms with Crippen LogP contribution in [-0.2, 0) is 12.8 Å². The number of ether oxygens (including phenoxy) is 1. The van der Waals surface area contributed by atoms with Gasteiger partial charge in [0.2, 0.25) is 0 Å². The molecule has 2 aromatic carbocycles. The van der Waals surface area contributed by atoms with E-state index in [0.717, 1.165) is 42.9 Å². The number of pyridine rings is 1. The van der Waals surface area contributed by atoms with Crippen LogP contribution in [0.1, 0.15) is 27.9 Å². The van der Waals surface area contributed by atoms with E-state index < -0.39 is 0 Å². The predicted molar refractivity (Wildman–Crippen MR) is 115 cm³/mol. The topological polar surface area (TPSA) is 54.5 Å². The molecular weight excluding hydrogens is 362 g/mol. The standard InChI is InChI=1S/C24H25N3O2/c1-29-21-10-8-18(9-11-21)12-14-26-24(28)20-13-15-25-23(17-20)27-16-4-6-19-5-2-3-7-22(19)27/h2-3,5,7-11,13,15,17H,4,6,12,14,16H2,1H3,(H,26,28). The largest absolute Gasteiger partial charge is 0.497 e. The minimum atomic E-state index is -0.0764. The van der Waals surface area contributed by atoms with Crippen LogP contribution < -0.4 is 15.0 Å². The Bertz CT molecular complexity index is 985. The summed E-state index contributed by atoms with van der Waals surface area (Å²) in [7, 11) is 1.65. The Morgan fingerprint density at radius 1 is 1.14 bits per heavy atom. The van der Waals surface area contributed by atoms with E-state index >= 15 is 0 Å². The fourth-order valence-corrected chi connectivity index (χ4v) is 3.69. The second-order valence-electron chi connectivity index (χ2n) is 7.14. The summed E-state index contributed by atoms with van der Waals surface area (Å²) in [5.41, 5.74) is 4.30. The zero-order valence-electron chi connectivity index (χ0n) is 16.6. The van der Waals surface area contributed by atoms with Gasteiger partial charge in [-0.1, -0.05) is 30.3 Å². The number of rotatable bonds is 6. The molecule has 4 rings (SSSR count). The van der Waals surface area contributed by atoms with E-state index in [1.54, 1.807) is 19.4 Å². The molecule has 148 valence electrons. The van der Waals surface area contributed by atoms with Crippen LogP contribution in [0.2, 0.25) is 0 Å². The molecule has 0 radical (unpaired) electrons. The van der Waals surface area contributed by atoms with E-state index in [2.05, 4.69) is 33.4 Å². The van der Waals surface area contributed by atoms with Crippen molar-refractivity contribution in [1.29, 1.82) is 0 Å². The number of carbonyl (C=O) groups excluding carboxylic acids is 1. The molecule has 5 heteroatoms. The fourth-order valence-electron chi connectivity index (χ4n) is 3.69. The number of anilines is 2. The first-order chi connectivity index (χ1) is 14.2. The Morgan fingerprint density at radius 3 is 2.79 bits per heavy atom. The smallest absolute Gasteiger partial charge is 0.251 e. The first kappa shape index (κ1) is 19.0. The number of nitrogens with zero attached hydrogens (tertiary/aromatic N) is 2. The van der Waals surface area contributed by atoms with Crippen molar-refractivity contribution < 1.29 is 9.53 Å². The molecule has 1 aliphatic rings. The van der Waals surface area contributed by atoms with Gasteiger partial charge in [0.25, 0.3) is 5.91 Å². The molecular formula is C24H25N3O2. The molecule has 3 aromatic rings. The van der Waals surface area contributed by atoms with Gasteiger partial charge in [-0.15, -0.1) is 0 Å². The number of carbonyl (C=O) groups is 1. The average Bonchev–Trinajstić information content (AvgIpc) is 2.79. The third-order valence-electron chi connectivity index (χ3n) is 5.25. The number of hydrogen-bond donors (Lipinski definition) is 1.